The van der Waals surface area contributed by atoms with Crippen molar-refractivity contribution in [1.82, 2.24) is 9.61 Å². The van der Waals surface area contributed by atoms with Crippen LogP contribution in [0.3, 0.4) is 0 Å². The number of nitrogens with one attached hydrogen (secondary N) is 1. The lowest BCUT2D eigenvalue weighted by Gasteiger charge is -2.39. The zero-order valence-electron chi connectivity index (χ0n) is 11.9. The summed E-state index contributed by atoms with van der Waals surface area (Å²) in [6.07, 6.45) is 2.00. The molecule has 5 heteroatoms. The van der Waals surface area contributed by atoms with Crippen molar-refractivity contribution in [3.05, 3.63) is 24.4 Å². The second-order valence-corrected chi connectivity index (χ2v) is 5.85. The van der Waals surface area contributed by atoms with Gasteiger partial charge in [-0.3, -0.25) is 0 Å². The van der Waals surface area contributed by atoms with Gasteiger partial charge in [-0.25, -0.2) is 4.52 Å². The van der Waals surface area contributed by atoms with E-state index in [2.05, 4.69) is 36.4 Å². The number of likely N-dealkylation sites (N-methyl/N-ethyl adjacent to an activating group) is 1. The van der Waals surface area contributed by atoms with Crippen molar-refractivity contribution in [1.29, 1.82) is 0 Å². The van der Waals surface area contributed by atoms with Gasteiger partial charge in [0.1, 0.15) is 5.69 Å². The largest absolute Gasteiger partial charge is 0.383 e. The quantitative estimate of drug-likeness (QED) is 0.826. The molecular formula is C14H22N5+. The molecule has 0 atom stereocenters. The Morgan fingerprint density at radius 1 is 1.21 bits per heavy atom. The highest BCUT2D eigenvalue weighted by Crippen LogP contribution is 2.30. The van der Waals surface area contributed by atoms with Crippen molar-refractivity contribution in [2.45, 2.75) is 0 Å². The summed E-state index contributed by atoms with van der Waals surface area (Å²) in [5.41, 5.74) is 2.27. The molecule has 3 heterocycles. The normalized spacial score (nSPS) is 18.8. The Morgan fingerprint density at radius 2 is 1.95 bits per heavy atom. The smallest absolute Gasteiger partial charge is 0.175 e. The molecule has 0 bridgehead atoms. The summed E-state index contributed by atoms with van der Waals surface area (Å²) in [4.78, 5) is 2.39. The van der Waals surface area contributed by atoms with E-state index in [4.69, 9.17) is 5.10 Å². The molecule has 5 nitrogen and oxygen atoms in total. The number of quaternary nitrogens is 1. The molecule has 0 aromatic carbocycles. The molecule has 1 saturated heterocycles. The van der Waals surface area contributed by atoms with Gasteiger partial charge < -0.3 is 14.7 Å². The first-order valence-corrected chi connectivity index (χ1v) is 6.83. The lowest BCUT2D eigenvalue weighted by molar-refractivity contribution is -0.890. The zero-order chi connectivity index (χ0) is 13.5. The number of piperazine rings is 1. The summed E-state index contributed by atoms with van der Waals surface area (Å²) in [7, 11) is 6.55. The first-order valence-electron chi connectivity index (χ1n) is 6.83. The van der Waals surface area contributed by atoms with Crippen molar-refractivity contribution in [2.24, 2.45) is 0 Å². The third-order valence-electron chi connectivity index (χ3n) is 4.02. The van der Waals surface area contributed by atoms with Crippen LogP contribution in [0.25, 0.3) is 5.52 Å². The molecule has 0 saturated carbocycles. The average Bonchev–Trinajstić information content (AvgIpc) is 2.77. The van der Waals surface area contributed by atoms with Gasteiger partial charge >= 0.3 is 0 Å². The molecule has 1 aliphatic rings. The molecule has 0 aliphatic carbocycles. The monoisotopic (exact) mass is 260 g/mol. The van der Waals surface area contributed by atoms with Gasteiger partial charge in [0, 0.05) is 13.2 Å². The molecule has 0 radical (unpaired) electrons. The Morgan fingerprint density at radius 3 is 2.63 bits per heavy atom. The molecule has 0 amide bonds. The maximum atomic E-state index is 4.73. The van der Waals surface area contributed by atoms with E-state index in [1.54, 1.807) is 0 Å². The Hall–Kier alpha value is -1.75. The van der Waals surface area contributed by atoms with Gasteiger partial charge in [0.05, 0.1) is 45.8 Å². The Kier molecular flexibility index (Phi) is 2.86. The van der Waals surface area contributed by atoms with E-state index in [1.807, 2.05) is 23.8 Å². The molecule has 0 unspecified atom stereocenters. The Bertz CT molecular complexity index is 577. The van der Waals surface area contributed by atoms with Gasteiger partial charge in [-0.1, -0.05) is 6.07 Å². The number of pyridine rings is 1. The second kappa shape index (κ2) is 4.42. The molecule has 19 heavy (non-hydrogen) atoms. The summed E-state index contributed by atoms with van der Waals surface area (Å²) in [6, 6.07) is 6.17. The van der Waals surface area contributed by atoms with Crippen LogP contribution in [0.15, 0.2) is 24.4 Å². The van der Waals surface area contributed by atoms with Crippen LogP contribution < -0.4 is 10.2 Å². The van der Waals surface area contributed by atoms with E-state index in [0.29, 0.717) is 0 Å². The first kappa shape index (κ1) is 12.3. The van der Waals surface area contributed by atoms with Crippen LogP contribution in [0.2, 0.25) is 0 Å². The topological polar surface area (TPSA) is 32.6 Å². The van der Waals surface area contributed by atoms with Gasteiger partial charge in [-0.2, -0.15) is 0 Å². The third kappa shape index (κ3) is 2.14. The SMILES string of the molecule is CNc1c(N2CC[N+](C)(C)CC2)nn2ccccc12. The minimum atomic E-state index is 1.06. The Labute approximate surface area is 114 Å². The van der Waals surface area contributed by atoms with Gasteiger partial charge in [-0.05, 0) is 12.1 Å². The number of aromatic nitrogens is 2. The summed E-state index contributed by atoms with van der Waals surface area (Å²) in [5, 5.41) is 8.03. The fourth-order valence-corrected chi connectivity index (χ4v) is 2.67. The highest BCUT2D eigenvalue weighted by atomic mass is 15.4. The Balaban J connectivity index is 1.97. The summed E-state index contributed by atoms with van der Waals surface area (Å²) < 4.78 is 3.05. The molecule has 3 rings (SSSR count). The van der Waals surface area contributed by atoms with Crippen LogP contribution in [-0.4, -0.2) is 61.4 Å². The highest BCUT2D eigenvalue weighted by molar-refractivity contribution is 5.83. The molecule has 1 aliphatic heterocycles. The van der Waals surface area contributed by atoms with Crippen molar-refractivity contribution >= 4 is 17.0 Å². The number of anilines is 2. The predicted molar refractivity (Wildman–Crippen MR) is 78.8 cm³/mol. The van der Waals surface area contributed by atoms with Crippen molar-refractivity contribution < 1.29 is 4.48 Å². The lowest BCUT2D eigenvalue weighted by atomic mass is 10.2. The first-order chi connectivity index (χ1) is 9.11. The van der Waals surface area contributed by atoms with Crippen molar-refractivity contribution in [2.75, 3.05) is 57.5 Å². The molecular weight excluding hydrogens is 238 g/mol. The highest BCUT2D eigenvalue weighted by Gasteiger charge is 2.27. The van der Waals surface area contributed by atoms with E-state index >= 15 is 0 Å². The number of hydrogen-bond acceptors (Lipinski definition) is 3. The maximum absolute atomic E-state index is 4.73. The van der Waals surface area contributed by atoms with Gasteiger partial charge in [0.2, 0.25) is 0 Å². The maximum Gasteiger partial charge on any atom is 0.175 e. The van der Waals surface area contributed by atoms with Crippen LogP contribution >= 0.6 is 0 Å². The van der Waals surface area contributed by atoms with Crippen LogP contribution in [-0.2, 0) is 0 Å². The van der Waals surface area contributed by atoms with Gasteiger partial charge in [0.15, 0.2) is 5.82 Å². The van der Waals surface area contributed by atoms with E-state index < -0.39 is 0 Å². The van der Waals surface area contributed by atoms with Crippen LogP contribution in [0, 0.1) is 0 Å². The van der Waals surface area contributed by atoms with Gasteiger partial charge in [0.25, 0.3) is 0 Å². The van der Waals surface area contributed by atoms with Crippen molar-refractivity contribution in [3.63, 3.8) is 0 Å². The number of nitrogens with zero attached hydrogens (tertiary/aromatic N) is 4. The average molecular weight is 260 g/mol. The summed E-state index contributed by atoms with van der Waals surface area (Å²) in [6.45, 7) is 4.45. The molecule has 1 fully saturated rings. The second-order valence-electron chi connectivity index (χ2n) is 5.85. The number of hydrogen-bond donors (Lipinski definition) is 1. The predicted octanol–water partition coefficient (Wildman–Crippen LogP) is 1.27. The van der Waals surface area contributed by atoms with Crippen LogP contribution in [0.4, 0.5) is 11.5 Å². The van der Waals surface area contributed by atoms with E-state index in [-0.39, 0.29) is 0 Å². The van der Waals surface area contributed by atoms with Crippen LogP contribution in [0.1, 0.15) is 0 Å². The van der Waals surface area contributed by atoms with Crippen LogP contribution in [0.5, 0.6) is 0 Å². The van der Waals surface area contributed by atoms with Crippen molar-refractivity contribution in [3.8, 4) is 0 Å². The fourth-order valence-electron chi connectivity index (χ4n) is 2.67. The third-order valence-corrected chi connectivity index (χ3v) is 4.02. The fraction of sp³-hybridized carbons (Fsp3) is 0.500. The minimum absolute atomic E-state index is 1.06. The lowest BCUT2D eigenvalue weighted by Crippen LogP contribution is -2.55. The molecule has 1 N–H and O–H groups in total. The summed E-state index contributed by atoms with van der Waals surface area (Å²) >= 11 is 0. The molecule has 2 aromatic heterocycles. The van der Waals surface area contributed by atoms with E-state index in [1.165, 1.54) is 0 Å². The van der Waals surface area contributed by atoms with E-state index in [0.717, 1.165) is 47.7 Å². The molecule has 0 spiro atoms. The number of fused-ring (bicyclic) bond motifs is 1. The standard InChI is InChI=1S/C14H22N5/c1-15-13-12-6-4-5-7-18(12)16-14(13)17-8-10-19(2,3)11-9-17/h4-7,15H,8-11H2,1-3H3/q+1. The molecule has 2 aromatic rings. The van der Waals surface area contributed by atoms with Gasteiger partial charge in [-0.15, -0.1) is 5.10 Å². The zero-order valence-corrected chi connectivity index (χ0v) is 11.9. The van der Waals surface area contributed by atoms with E-state index in [9.17, 15) is 0 Å². The molecule has 102 valence electrons. The summed E-state index contributed by atoms with van der Waals surface area (Å²) in [5.74, 6) is 1.08. The number of rotatable bonds is 2. The minimum Gasteiger partial charge on any atom is -0.383 e.